The maximum atomic E-state index is 13.1. The zero-order chi connectivity index (χ0) is 24.9. The molecule has 1 aliphatic carbocycles. The summed E-state index contributed by atoms with van der Waals surface area (Å²) in [5, 5.41) is 0. The fourth-order valence-corrected chi connectivity index (χ4v) is 4.97. The molecule has 9 nitrogen and oxygen atoms in total. The highest BCUT2D eigenvalue weighted by molar-refractivity contribution is 5.92. The fraction of sp³-hybridized carbons (Fsp3) is 0.385. The van der Waals surface area contributed by atoms with Crippen LogP contribution in [0.5, 0.6) is 28.7 Å². The lowest BCUT2D eigenvalue weighted by atomic mass is 9.83. The first-order valence-corrected chi connectivity index (χ1v) is 11.2. The van der Waals surface area contributed by atoms with Crippen LogP contribution in [0.4, 0.5) is 0 Å². The molecular formula is C26H26O9. The van der Waals surface area contributed by atoms with Crippen molar-refractivity contribution in [3.05, 3.63) is 41.0 Å². The van der Waals surface area contributed by atoms with Gasteiger partial charge in [-0.25, -0.2) is 4.79 Å². The minimum absolute atomic E-state index is 0.0734. The number of fused-ring (bicyclic) bond motifs is 6. The maximum absolute atomic E-state index is 13.1. The summed E-state index contributed by atoms with van der Waals surface area (Å²) in [7, 11) is 4.55. The number of benzene rings is 2. The summed E-state index contributed by atoms with van der Waals surface area (Å²) in [5.41, 5.74) is 3.04. The molecule has 0 spiro atoms. The Morgan fingerprint density at radius 3 is 2.34 bits per heavy atom. The first-order chi connectivity index (χ1) is 16.9. The second-order valence-corrected chi connectivity index (χ2v) is 8.47. The van der Waals surface area contributed by atoms with E-state index in [1.54, 1.807) is 32.1 Å². The van der Waals surface area contributed by atoms with Gasteiger partial charge in [-0.1, -0.05) is 6.08 Å². The van der Waals surface area contributed by atoms with Gasteiger partial charge in [-0.15, -0.1) is 0 Å². The van der Waals surface area contributed by atoms with Crippen molar-refractivity contribution in [3.8, 4) is 39.9 Å². The molecular weight excluding hydrogens is 456 g/mol. The van der Waals surface area contributed by atoms with Gasteiger partial charge in [-0.2, -0.15) is 0 Å². The Morgan fingerprint density at radius 1 is 0.971 bits per heavy atom. The molecule has 9 heteroatoms. The Hall–Kier alpha value is -3.88. The van der Waals surface area contributed by atoms with Crippen LogP contribution in [0.3, 0.4) is 0 Å². The average Bonchev–Trinajstić information content (AvgIpc) is 3.47. The number of rotatable bonds is 5. The van der Waals surface area contributed by atoms with Gasteiger partial charge < -0.3 is 33.2 Å². The highest BCUT2D eigenvalue weighted by Gasteiger charge is 2.50. The van der Waals surface area contributed by atoms with Gasteiger partial charge >= 0.3 is 11.9 Å². The van der Waals surface area contributed by atoms with Crippen LogP contribution in [0.25, 0.3) is 11.1 Å². The Morgan fingerprint density at radius 2 is 1.69 bits per heavy atom. The van der Waals surface area contributed by atoms with Crippen molar-refractivity contribution in [3.63, 3.8) is 0 Å². The average molecular weight is 482 g/mol. The predicted octanol–water partition coefficient (Wildman–Crippen LogP) is 3.93. The van der Waals surface area contributed by atoms with Gasteiger partial charge in [0.1, 0.15) is 6.10 Å². The first-order valence-electron chi connectivity index (χ1n) is 11.2. The van der Waals surface area contributed by atoms with Crippen molar-refractivity contribution >= 4 is 11.9 Å². The molecule has 5 rings (SSSR count). The summed E-state index contributed by atoms with van der Waals surface area (Å²) >= 11 is 0. The summed E-state index contributed by atoms with van der Waals surface area (Å²) in [5.74, 6) is 0.120. The molecule has 184 valence electrons. The van der Waals surface area contributed by atoms with E-state index in [1.807, 2.05) is 6.07 Å². The van der Waals surface area contributed by atoms with Gasteiger partial charge in [0.05, 0.1) is 39.8 Å². The maximum Gasteiger partial charge on any atom is 0.334 e. The summed E-state index contributed by atoms with van der Waals surface area (Å²) < 4.78 is 39.9. The van der Waals surface area contributed by atoms with E-state index < -0.39 is 29.9 Å². The van der Waals surface area contributed by atoms with E-state index in [9.17, 15) is 9.59 Å². The van der Waals surface area contributed by atoms with Gasteiger partial charge in [0.2, 0.25) is 12.5 Å². The lowest BCUT2D eigenvalue weighted by Gasteiger charge is -2.25. The van der Waals surface area contributed by atoms with E-state index in [-0.39, 0.29) is 13.4 Å². The Labute approximate surface area is 202 Å². The summed E-state index contributed by atoms with van der Waals surface area (Å²) in [6.45, 7) is 3.60. The van der Waals surface area contributed by atoms with Gasteiger partial charge in [0.15, 0.2) is 23.0 Å². The van der Waals surface area contributed by atoms with E-state index in [1.165, 1.54) is 21.3 Å². The molecule has 2 aromatic carbocycles. The first kappa shape index (κ1) is 22.9. The molecule has 3 unspecified atom stereocenters. The van der Waals surface area contributed by atoms with E-state index in [0.29, 0.717) is 56.6 Å². The molecule has 3 aliphatic rings. The zero-order valence-electron chi connectivity index (χ0n) is 20.1. The van der Waals surface area contributed by atoms with Gasteiger partial charge in [0.25, 0.3) is 0 Å². The number of hydrogen-bond donors (Lipinski definition) is 0. The Balaban J connectivity index is 1.84. The third kappa shape index (κ3) is 3.45. The molecule has 2 aromatic rings. The van der Waals surface area contributed by atoms with Crippen LogP contribution in [0.1, 0.15) is 37.0 Å². The monoisotopic (exact) mass is 482 g/mol. The molecule has 1 fully saturated rings. The highest BCUT2D eigenvalue weighted by Crippen LogP contribution is 2.58. The number of carbonyl (C=O) groups excluding carboxylic acids is 2. The minimum Gasteiger partial charge on any atom is -0.493 e. The van der Waals surface area contributed by atoms with Crippen LogP contribution in [0.2, 0.25) is 0 Å². The smallest absolute Gasteiger partial charge is 0.334 e. The molecule has 35 heavy (non-hydrogen) atoms. The SMILES string of the molecule is CC=C(C)C(=O)OC1c2cc3c(cc2-c2c(cc(OC)c(OC)c2OC)C2C(=O)OCC12)OCO3. The quantitative estimate of drug-likeness (QED) is 0.464. The lowest BCUT2D eigenvalue weighted by Crippen LogP contribution is -2.24. The van der Waals surface area contributed by atoms with Gasteiger partial charge in [-0.05, 0) is 43.2 Å². The van der Waals surface area contributed by atoms with Crippen LogP contribution in [-0.2, 0) is 19.1 Å². The highest BCUT2D eigenvalue weighted by atomic mass is 16.7. The molecule has 3 atom stereocenters. The molecule has 2 aliphatic heterocycles. The third-order valence-corrected chi connectivity index (χ3v) is 6.79. The van der Waals surface area contributed by atoms with Gasteiger partial charge in [-0.3, -0.25) is 4.79 Å². The summed E-state index contributed by atoms with van der Waals surface area (Å²) in [4.78, 5) is 26.0. The molecule has 0 saturated carbocycles. The topological polar surface area (TPSA) is 98.8 Å². The van der Waals surface area contributed by atoms with E-state index >= 15 is 0 Å². The minimum atomic E-state index is -0.799. The van der Waals surface area contributed by atoms with Crippen LogP contribution in [0, 0.1) is 5.92 Å². The third-order valence-electron chi connectivity index (χ3n) is 6.79. The van der Waals surface area contributed by atoms with Crippen molar-refractivity contribution in [1.29, 1.82) is 0 Å². The largest absolute Gasteiger partial charge is 0.493 e. The van der Waals surface area contributed by atoms with Crippen molar-refractivity contribution < 1.29 is 42.7 Å². The fourth-order valence-electron chi connectivity index (χ4n) is 4.97. The zero-order valence-corrected chi connectivity index (χ0v) is 20.1. The number of allylic oxidation sites excluding steroid dienone is 1. The lowest BCUT2D eigenvalue weighted by molar-refractivity contribution is -0.148. The van der Waals surface area contributed by atoms with Crippen molar-refractivity contribution in [2.75, 3.05) is 34.7 Å². The van der Waals surface area contributed by atoms with Crippen LogP contribution >= 0.6 is 0 Å². The predicted molar refractivity (Wildman–Crippen MR) is 123 cm³/mol. The second-order valence-electron chi connectivity index (χ2n) is 8.47. The second kappa shape index (κ2) is 8.72. The number of esters is 2. The summed E-state index contributed by atoms with van der Waals surface area (Å²) in [6, 6.07) is 5.38. The standard InChI is InChI=1S/C26H26O9/c1-6-12(2)25(27)35-22-14-8-18-17(33-11-34-18)7-13(14)20-15(21-16(22)10-32-26(21)28)9-19(29-3)23(30-4)24(20)31-5/h6-9,16,21-22H,10-11H2,1-5H3. The Bertz CT molecular complexity index is 1250. The molecule has 0 N–H and O–H groups in total. The van der Waals surface area contributed by atoms with Crippen LogP contribution in [0.15, 0.2) is 29.8 Å². The van der Waals surface area contributed by atoms with Gasteiger partial charge in [0, 0.05) is 16.7 Å². The van der Waals surface area contributed by atoms with E-state index in [4.69, 9.17) is 33.2 Å². The molecule has 2 heterocycles. The van der Waals surface area contributed by atoms with E-state index in [0.717, 1.165) is 0 Å². The molecule has 0 radical (unpaired) electrons. The van der Waals surface area contributed by atoms with Crippen molar-refractivity contribution in [2.24, 2.45) is 5.92 Å². The van der Waals surface area contributed by atoms with Crippen molar-refractivity contribution in [2.45, 2.75) is 25.9 Å². The molecule has 0 amide bonds. The summed E-state index contributed by atoms with van der Waals surface area (Å²) in [6.07, 6.45) is 0.883. The number of cyclic esters (lactones) is 1. The molecule has 0 aromatic heterocycles. The van der Waals surface area contributed by atoms with Crippen molar-refractivity contribution in [1.82, 2.24) is 0 Å². The van der Waals surface area contributed by atoms with Crippen LogP contribution < -0.4 is 23.7 Å². The number of methoxy groups -OCH3 is 3. The number of ether oxygens (including phenoxy) is 7. The molecule has 0 bridgehead atoms. The van der Waals surface area contributed by atoms with Crippen LogP contribution in [-0.4, -0.2) is 46.7 Å². The number of carbonyl (C=O) groups is 2. The Kier molecular flexibility index (Phi) is 5.70. The normalized spacial score (nSPS) is 21.8. The van der Waals surface area contributed by atoms with E-state index in [2.05, 4.69) is 0 Å². The number of hydrogen-bond acceptors (Lipinski definition) is 9. The molecule has 1 saturated heterocycles.